The first-order chi connectivity index (χ1) is 23.6. The quantitative estimate of drug-likeness (QED) is 0.218. The summed E-state index contributed by atoms with van der Waals surface area (Å²) in [6, 6.07) is 4.33. The van der Waals surface area contributed by atoms with Crippen LogP contribution in [0.1, 0.15) is 58.1 Å². The maximum absolute atomic E-state index is 17.0. The SMILES string of the molecule is CC.Oc1cc(-c2nc3c4c(nc(OCC56CCCN5CCC6)nc4c2F)N2CCNCC2CCC3)c2c(OC(F)(F)F)c(F)ccc2c1. The fraction of sp³-hybridized carbons (Fsp3) is 0.514. The van der Waals surface area contributed by atoms with Gasteiger partial charge in [0.25, 0.3) is 0 Å². The van der Waals surface area contributed by atoms with Crippen LogP contribution in [0.25, 0.3) is 32.9 Å². The van der Waals surface area contributed by atoms with E-state index in [-0.39, 0.29) is 50.9 Å². The summed E-state index contributed by atoms with van der Waals surface area (Å²) in [6.07, 6.45) is 0.798. The second-order valence-corrected chi connectivity index (χ2v) is 12.9. The number of piperazine rings is 1. The molecule has 0 amide bonds. The van der Waals surface area contributed by atoms with E-state index < -0.39 is 23.7 Å². The number of ether oxygens (including phenoxy) is 2. The molecule has 4 aliphatic rings. The van der Waals surface area contributed by atoms with Gasteiger partial charge in [-0.3, -0.25) is 4.90 Å². The highest BCUT2D eigenvalue weighted by molar-refractivity contribution is 6.04. The number of alkyl halides is 3. The summed E-state index contributed by atoms with van der Waals surface area (Å²) >= 11 is 0. The number of halogens is 5. The smallest absolute Gasteiger partial charge is 0.508 e. The van der Waals surface area contributed by atoms with Crippen LogP contribution in [0.15, 0.2) is 24.3 Å². The molecule has 2 aromatic carbocycles. The maximum Gasteiger partial charge on any atom is 0.573 e. The number of phenolic OH excluding ortho intramolecular Hbond substituents is 1. The van der Waals surface area contributed by atoms with Gasteiger partial charge in [-0.25, -0.2) is 13.8 Å². The van der Waals surface area contributed by atoms with Gasteiger partial charge >= 0.3 is 12.4 Å². The van der Waals surface area contributed by atoms with E-state index in [1.54, 1.807) is 0 Å². The van der Waals surface area contributed by atoms with Crippen LogP contribution in [0.5, 0.6) is 17.5 Å². The molecule has 1 atom stereocenters. The lowest BCUT2D eigenvalue weighted by molar-refractivity contribution is -0.275. The first-order valence-corrected chi connectivity index (χ1v) is 17.1. The molecule has 2 N–H and O–H groups in total. The van der Waals surface area contributed by atoms with Gasteiger partial charge < -0.3 is 24.8 Å². The lowest BCUT2D eigenvalue weighted by Crippen LogP contribution is -2.52. The third kappa shape index (κ3) is 6.07. The highest BCUT2D eigenvalue weighted by atomic mass is 19.4. The Morgan fingerprint density at radius 1 is 1.00 bits per heavy atom. The number of rotatable bonds is 5. The predicted octanol–water partition coefficient (Wildman–Crippen LogP) is 6.88. The highest BCUT2D eigenvalue weighted by Crippen LogP contribution is 2.45. The molecule has 0 bridgehead atoms. The van der Waals surface area contributed by atoms with E-state index in [1.165, 1.54) is 6.07 Å². The number of benzene rings is 2. The predicted molar refractivity (Wildman–Crippen MR) is 175 cm³/mol. The molecule has 6 heterocycles. The summed E-state index contributed by atoms with van der Waals surface area (Å²) in [5, 5.41) is 14.1. The molecule has 1 unspecified atom stereocenters. The van der Waals surface area contributed by atoms with Crippen LogP contribution in [0.3, 0.4) is 0 Å². The van der Waals surface area contributed by atoms with Crippen LogP contribution in [0, 0.1) is 11.6 Å². The van der Waals surface area contributed by atoms with Crippen molar-refractivity contribution in [1.82, 2.24) is 25.2 Å². The van der Waals surface area contributed by atoms with E-state index in [4.69, 9.17) is 9.72 Å². The van der Waals surface area contributed by atoms with Crippen molar-refractivity contribution in [3.63, 3.8) is 0 Å². The molecule has 0 radical (unpaired) electrons. The van der Waals surface area contributed by atoms with E-state index in [0.717, 1.165) is 69.9 Å². The molecule has 4 aliphatic heterocycles. The Balaban J connectivity index is 0.00000186. The summed E-state index contributed by atoms with van der Waals surface area (Å²) in [5.41, 5.74) is -0.394. The van der Waals surface area contributed by atoms with Crippen LogP contribution < -0.4 is 19.7 Å². The number of anilines is 1. The number of fused-ring (bicyclic) bond motifs is 4. The molecule has 49 heavy (non-hydrogen) atoms. The standard InChI is InChI=1S/C33H33F5N6O3.C2H6/c34-22-7-6-18-14-20(45)15-21(24(18)29(22)47-33(36,37)38)27-26(35)28-25-23(40-27)5-1-4-19-16-39-10-13-44(19)30(25)42-31(41-28)46-17-32-8-2-11-43(32)12-3-9-32;1-2/h6-7,14-15,19,39,45H,1-5,8-13,16-17H2;1-2H3. The van der Waals surface area contributed by atoms with Gasteiger partial charge in [-0.2, -0.15) is 9.97 Å². The molecule has 4 aromatic rings. The van der Waals surface area contributed by atoms with Crippen molar-refractivity contribution >= 4 is 27.5 Å². The summed E-state index contributed by atoms with van der Waals surface area (Å²) in [4.78, 5) is 18.7. The minimum atomic E-state index is -5.23. The molecular formula is C35H39F5N6O3. The number of nitrogens with zero attached hydrogens (tertiary/aromatic N) is 5. The molecule has 9 nitrogen and oxygen atoms in total. The minimum Gasteiger partial charge on any atom is -0.508 e. The Morgan fingerprint density at radius 3 is 2.53 bits per heavy atom. The molecular weight excluding hydrogens is 647 g/mol. The minimum absolute atomic E-state index is 0.00777. The molecule has 0 spiro atoms. The third-order valence-corrected chi connectivity index (χ3v) is 10.2. The van der Waals surface area contributed by atoms with Gasteiger partial charge in [0.2, 0.25) is 0 Å². The molecule has 14 heteroatoms. The number of aryl methyl sites for hydroxylation is 1. The van der Waals surface area contributed by atoms with Gasteiger partial charge in [0.15, 0.2) is 17.4 Å². The van der Waals surface area contributed by atoms with E-state index in [1.807, 2.05) is 13.8 Å². The molecule has 2 aromatic heterocycles. The molecule has 262 valence electrons. The third-order valence-electron chi connectivity index (χ3n) is 10.2. The first kappa shape index (κ1) is 33.5. The van der Waals surface area contributed by atoms with E-state index in [2.05, 4.69) is 29.8 Å². The average molecular weight is 687 g/mol. The van der Waals surface area contributed by atoms with Crippen LogP contribution in [-0.4, -0.2) is 82.2 Å². The number of phenols is 1. The Hall–Kier alpha value is -4.04. The second-order valence-electron chi connectivity index (χ2n) is 12.9. The van der Waals surface area contributed by atoms with E-state index in [0.29, 0.717) is 49.4 Å². The van der Waals surface area contributed by atoms with Gasteiger partial charge in [0.05, 0.1) is 16.6 Å². The summed E-state index contributed by atoms with van der Waals surface area (Å²) in [6.45, 7) is 8.39. The molecule has 3 fully saturated rings. The summed E-state index contributed by atoms with van der Waals surface area (Å²) in [7, 11) is 0. The Labute approximate surface area is 280 Å². The summed E-state index contributed by atoms with van der Waals surface area (Å²) in [5.74, 6) is -3.24. The number of hydrogen-bond acceptors (Lipinski definition) is 9. The molecule has 8 rings (SSSR count). The van der Waals surface area contributed by atoms with Gasteiger partial charge in [-0.15, -0.1) is 13.2 Å². The summed E-state index contributed by atoms with van der Waals surface area (Å²) < 4.78 is 82.9. The lowest BCUT2D eigenvalue weighted by Gasteiger charge is -2.39. The fourth-order valence-electron chi connectivity index (χ4n) is 8.09. The average Bonchev–Trinajstić information content (AvgIpc) is 3.66. The Kier molecular flexibility index (Phi) is 8.89. The van der Waals surface area contributed by atoms with E-state index in [9.17, 15) is 22.7 Å². The van der Waals surface area contributed by atoms with Crippen molar-refractivity contribution in [1.29, 1.82) is 0 Å². The van der Waals surface area contributed by atoms with Crippen molar-refractivity contribution in [3.05, 3.63) is 41.6 Å². The first-order valence-electron chi connectivity index (χ1n) is 17.1. The van der Waals surface area contributed by atoms with Crippen molar-refractivity contribution in [3.8, 4) is 28.8 Å². The topological polar surface area (TPSA) is 95.9 Å². The van der Waals surface area contributed by atoms with Crippen molar-refractivity contribution < 1.29 is 36.5 Å². The van der Waals surface area contributed by atoms with Crippen LogP contribution >= 0.6 is 0 Å². The monoisotopic (exact) mass is 686 g/mol. The van der Waals surface area contributed by atoms with Gasteiger partial charge in [0, 0.05) is 36.6 Å². The van der Waals surface area contributed by atoms with Gasteiger partial charge in [-0.05, 0) is 81.6 Å². The van der Waals surface area contributed by atoms with Crippen LogP contribution in [-0.2, 0) is 6.42 Å². The number of nitrogens with one attached hydrogen (secondary N) is 1. The maximum atomic E-state index is 17.0. The normalized spacial score (nSPS) is 20.3. The molecule has 0 saturated carbocycles. The van der Waals surface area contributed by atoms with Crippen LogP contribution in [0.2, 0.25) is 0 Å². The van der Waals surface area contributed by atoms with Crippen molar-refractivity contribution in [2.45, 2.75) is 76.7 Å². The lowest BCUT2D eigenvalue weighted by atomic mass is 9.95. The molecule has 3 saturated heterocycles. The number of aromatic hydroxyl groups is 1. The Morgan fingerprint density at radius 2 is 1.78 bits per heavy atom. The fourth-order valence-corrected chi connectivity index (χ4v) is 8.09. The highest BCUT2D eigenvalue weighted by Gasteiger charge is 2.45. The second kappa shape index (κ2) is 13.0. The zero-order chi connectivity index (χ0) is 34.5. The van der Waals surface area contributed by atoms with Crippen molar-refractivity contribution in [2.75, 3.05) is 44.2 Å². The Bertz CT molecular complexity index is 1880. The zero-order valence-corrected chi connectivity index (χ0v) is 27.5. The number of pyridine rings is 1. The number of hydrogen-bond donors (Lipinski definition) is 2. The van der Waals surface area contributed by atoms with Crippen molar-refractivity contribution in [2.24, 2.45) is 0 Å². The van der Waals surface area contributed by atoms with Gasteiger partial charge in [-0.1, -0.05) is 19.9 Å². The largest absolute Gasteiger partial charge is 0.573 e. The number of aromatic nitrogens is 3. The van der Waals surface area contributed by atoms with Gasteiger partial charge in [0.1, 0.15) is 29.4 Å². The van der Waals surface area contributed by atoms with E-state index >= 15 is 4.39 Å². The van der Waals surface area contributed by atoms with Crippen LogP contribution in [0.4, 0.5) is 27.8 Å². The zero-order valence-electron chi connectivity index (χ0n) is 27.5. The molecule has 0 aliphatic carbocycles.